The maximum Gasteiger partial charge on any atom is 0.263 e. The van der Waals surface area contributed by atoms with Crippen LogP contribution >= 0.6 is 23.5 Å². The van der Waals surface area contributed by atoms with Gasteiger partial charge in [-0.25, -0.2) is 24.6 Å². The summed E-state index contributed by atoms with van der Waals surface area (Å²) < 4.78 is 3.51. The van der Waals surface area contributed by atoms with Crippen LogP contribution in [0, 0.1) is 5.41 Å². The molecule has 1 amide bonds. The Labute approximate surface area is 232 Å². The number of imidazole rings is 2. The Morgan fingerprint density at radius 3 is 2.76 bits per heavy atom. The predicted octanol–water partition coefficient (Wildman–Crippen LogP) is 6.45. The van der Waals surface area contributed by atoms with Gasteiger partial charge in [-0.2, -0.15) is 0 Å². The first kappa shape index (κ1) is 27.6. The average Bonchev–Trinajstić information content (AvgIpc) is 3.51. The first-order valence-corrected chi connectivity index (χ1v) is 13.6. The molecule has 8 nitrogen and oxygen atoms in total. The molecule has 0 spiro atoms. The fourth-order valence-corrected chi connectivity index (χ4v) is 5.62. The second-order valence-corrected chi connectivity index (χ2v) is 11.5. The molecule has 0 bridgehead atoms. The Bertz CT molecular complexity index is 1460. The van der Waals surface area contributed by atoms with E-state index in [-0.39, 0.29) is 16.5 Å². The third kappa shape index (κ3) is 6.71. The topological polar surface area (TPSA) is 90.5 Å². The fourth-order valence-electron chi connectivity index (χ4n) is 4.41. The molecule has 1 aliphatic carbocycles. The molecule has 4 rings (SSSR count). The minimum absolute atomic E-state index is 0.132. The number of amides is 1. The van der Waals surface area contributed by atoms with E-state index in [9.17, 15) is 4.79 Å². The van der Waals surface area contributed by atoms with Crippen molar-refractivity contribution in [2.75, 3.05) is 5.43 Å². The summed E-state index contributed by atoms with van der Waals surface area (Å²) in [5.41, 5.74) is 8.46. The largest absolute Gasteiger partial charge is 0.280 e. The first-order valence-electron chi connectivity index (χ1n) is 12.4. The van der Waals surface area contributed by atoms with Crippen LogP contribution in [-0.2, 0) is 4.79 Å². The van der Waals surface area contributed by atoms with Gasteiger partial charge in [-0.1, -0.05) is 67.0 Å². The number of hydrogen-bond donors (Lipinski definition) is 1. The number of halogens is 1. The number of carbonyl (C=O) groups is 1. The number of carbonyl (C=O) groups excluding carboxylic acids is 1. The van der Waals surface area contributed by atoms with Crippen LogP contribution < -0.4 is 5.43 Å². The maximum absolute atomic E-state index is 12.5. The normalized spacial score (nSPS) is 18.7. The molecule has 198 valence electrons. The van der Waals surface area contributed by atoms with Gasteiger partial charge in [0.1, 0.15) is 24.5 Å². The molecule has 0 saturated heterocycles. The molecule has 3 aromatic rings. The van der Waals surface area contributed by atoms with Crippen molar-refractivity contribution in [2.45, 2.75) is 52.7 Å². The van der Waals surface area contributed by atoms with Crippen molar-refractivity contribution in [1.29, 1.82) is 0 Å². The minimum atomic E-state index is -0.299. The Balaban J connectivity index is 1.39. The van der Waals surface area contributed by atoms with Crippen LogP contribution in [0.15, 0.2) is 90.1 Å². The number of aromatic nitrogens is 6. The van der Waals surface area contributed by atoms with Gasteiger partial charge in [0.15, 0.2) is 10.8 Å². The van der Waals surface area contributed by atoms with Gasteiger partial charge in [0.25, 0.3) is 5.91 Å². The zero-order chi connectivity index (χ0) is 27.3. The number of nitrogens with one attached hydrogen (secondary N) is 1. The highest BCUT2D eigenvalue weighted by atomic mass is 35.5. The highest BCUT2D eigenvalue weighted by Gasteiger charge is 2.32. The highest BCUT2D eigenvalue weighted by molar-refractivity contribution is 7.98. The van der Waals surface area contributed by atoms with Gasteiger partial charge in [-0.3, -0.25) is 14.2 Å². The monoisotopic (exact) mass is 549 g/mol. The van der Waals surface area contributed by atoms with Crippen molar-refractivity contribution in [3.05, 3.63) is 95.3 Å². The van der Waals surface area contributed by atoms with E-state index in [1.165, 1.54) is 34.6 Å². The molecule has 38 heavy (non-hydrogen) atoms. The Hall–Kier alpha value is -3.43. The van der Waals surface area contributed by atoms with Crippen LogP contribution in [0.5, 0.6) is 0 Å². The summed E-state index contributed by atoms with van der Waals surface area (Å²) in [5.74, 6) is -0.299. The number of allylic oxidation sites excluding steroid dienone is 8. The zero-order valence-corrected chi connectivity index (χ0v) is 23.8. The van der Waals surface area contributed by atoms with Crippen LogP contribution in [0.2, 0.25) is 5.15 Å². The van der Waals surface area contributed by atoms with Gasteiger partial charge in [0.2, 0.25) is 0 Å². The smallest absolute Gasteiger partial charge is 0.263 e. The van der Waals surface area contributed by atoms with E-state index >= 15 is 0 Å². The predicted molar refractivity (Wildman–Crippen MR) is 155 cm³/mol. The molecule has 1 unspecified atom stereocenters. The molecule has 0 aliphatic heterocycles. The second-order valence-electron chi connectivity index (χ2n) is 9.95. The van der Waals surface area contributed by atoms with Gasteiger partial charge in [-0.15, -0.1) is 0 Å². The van der Waals surface area contributed by atoms with Crippen molar-refractivity contribution in [1.82, 2.24) is 28.6 Å². The molecule has 0 saturated carbocycles. The minimum Gasteiger partial charge on any atom is -0.280 e. The van der Waals surface area contributed by atoms with E-state index in [4.69, 9.17) is 11.6 Å². The summed E-state index contributed by atoms with van der Waals surface area (Å²) in [6.45, 7) is 10.8. The zero-order valence-electron chi connectivity index (χ0n) is 22.2. The summed E-state index contributed by atoms with van der Waals surface area (Å²) >= 11 is 7.84. The van der Waals surface area contributed by atoms with Crippen molar-refractivity contribution >= 4 is 40.6 Å². The van der Waals surface area contributed by atoms with E-state index in [1.54, 1.807) is 0 Å². The first-order chi connectivity index (χ1) is 18.1. The van der Waals surface area contributed by atoms with E-state index < -0.39 is 0 Å². The molecular weight excluding hydrogens is 518 g/mol. The number of rotatable bonds is 8. The van der Waals surface area contributed by atoms with Crippen LogP contribution in [0.25, 0.3) is 11.2 Å². The lowest BCUT2D eigenvalue weighted by atomic mass is 9.72. The summed E-state index contributed by atoms with van der Waals surface area (Å²) in [7, 11) is 0. The van der Waals surface area contributed by atoms with Gasteiger partial charge in [0, 0.05) is 23.7 Å². The number of fused-ring (bicyclic) bond motifs is 1. The van der Waals surface area contributed by atoms with Crippen molar-refractivity contribution in [3.63, 3.8) is 0 Å². The molecule has 0 radical (unpaired) electrons. The molecule has 0 fully saturated rings. The maximum atomic E-state index is 12.5. The lowest BCUT2D eigenvalue weighted by Crippen LogP contribution is -2.26. The van der Waals surface area contributed by atoms with E-state index in [1.807, 2.05) is 55.8 Å². The summed E-state index contributed by atoms with van der Waals surface area (Å²) in [4.78, 5) is 28.8. The quantitative estimate of drug-likeness (QED) is 0.197. The van der Waals surface area contributed by atoms with Gasteiger partial charge in [0.05, 0.1) is 0 Å². The molecule has 3 aromatic heterocycles. The number of hydrogen-bond acceptors (Lipinski definition) is 6. The van der Waals surface area contributed by atoms with Crippen molar-refractivity contribution in [2.24, 2.45) is 5.41 Å². The van der Waals surface area contributed by atoms with Gasteiger partial charge < -0.3 is 0 Å². The Kier molecular flexibility index (Phi) is 8.69. The Morgan fingerprint density at radius 1 is 1.18 bits per heavy atom. The Morgan fingerprint density at radius 2 is 2.00 bits per heavy atom. The second kappa shape index (κ2) is 12.0. The van der Waals surface area contributed by atoms with Crippen molar-refractivity contribution < 1.29 is 4.79 Å². The molecule has 10 heteroatoms. The number of nitrogens with zero attached hydrogens (tertiary/aromatic N) is 6. The van der Waals surface area contributed by atoms with Crippen LogP contribution in [0.4, 0.5) is 0 Å². The van der Waals surface area contributed by atoms with Crippen LogP contribution in [-0.4, -0.2) is 39.7 Å². The summed E-state index contributed by atoms with van der Waals surface area (Å²) in [6.07, 6.45) is 22.6. The average molecular weight is 550 g/mol. The van der Waals surface area contributed by atoms with Gasteiger partial charge in [-0.05, 0) is 62.1 Å². The van der Waals surface area contributed by atoms with Gasteiger partial charge >= 0.3 is 0 Å². The van der Waals surface area contributed by atoms with E-state index in [0.717, 1.165) is 24.0 Å². The SMILES string of the molecule is CC1=C(/C=C/C(C)=C/C=C/C(C)=C/C(=O)Nn2cnc3c(Cl)ncnc32)C(C)(C)CCC1Sn1ccnc1. The van der Waals surface area contributed by atoms with Crippen LogP contribution in [0.1, 0.15) is 47.5 Å². The molecule has 1 aliphatic rings. The standard InChI is InChI=1S/C28H32ClN7OS/c1-19(9-10-22-21(3)23(11-12-28(22,4)5)38-35-14-13-30-17-35)7-6-8-20(2)15-24(37)34-36-18-33-25-26(29)31-16-32-27(25)36/h6-10,13-18,23H,11-12H2,1-5H3,(H,34,37)/b8-6+,10-9+,19-7+,20-15+. The van der Waals surface area contributed by atoms with E-state index in [2.05, 4.69) is 69.2 Å². The van der Waals surface area contributed by atoms with E-state index in [0.29, 0.717) is 16.4 Å². The molecule has 3 heterocycles. The summed E-state index contributed by atoms with van der Waals surface area (Å²) in [6, 6.07) is 0. The van der Waals surface area contributed by atoms with Crippen LogP contribution in [0.3, 0.4) is 0 Å². The van der Waals surface area contributed by atoms with Crippen molar-refractivity contribution in [3.8, 4) is 0 Å². The third-order valence-corrected chi connectivity index (χ3v) is 8.09. The summed E-state index contributed by atoms with van der Waals surface area (Å²) in [5, 5.41) is 0.672. The molecular formula is C28H32ClN7OS. The lowest BCUT2D eigenvalue weighted by Gasteiger charge is -2.37. The highest BCUT2D eigenvalue weighted by Crippen LogP contribution is 2.44. The fraction of sp³-hybridized carbons (Fsp3) is 0.321. The lowest BCUT2D eigenvalue weighted by molar-refractivity contribution is -0.112. The molecule has 1 atom stereocenters. The molecule has 1 N–H and O–H groups in total. The molecule has 0 aromatic carbocycles. The third-order valence-electron chi connectivity index (χ3n) is 6.51.